The van der Waals surface area contributed by atoms with Crippen molar-refractivity contribution in [3.05, 3.63) is 30.3 Å². The number of esters is 1. The Morgan fingerprint density at radius 3 is 2.38 bits per heavy atom. The lowest BCUT2D eigenvalue weighted by Crippen LogP contribution is -2.49. The number of nitrogens with two attached hydrogens (primary N) is 1. The van der Waals surface area contributed by atoms with Crippen molar-refractivity contribution in [1.82, 2.24) is 4.31 Å². The lowest BCUT2D eigenvalue weighted by molar-refractivity contribution is -0.171. The maximum atomic E-state index is 12.8. The van der Waals surface area contributed by atoms with Crippen molar-refractivity contribution in [3.63, 3.8) is 0 Å². The van der Waals surface area contributed by atoms with Gasteiger partial charge in [0.1, 0.15) is 0 Å². The fraction of sp³-hybridized carbons (Fsp3) is 0.556. The highest BCUT2D eigenvalue weighted by Crippen LogP contribution is 2.35. The van der Waals surface area contributed by atoms with Crippen LogP contribution in [-0.2, 0) is 24.3 Å². The van der Waals surface area contributed by atoms with E-state index in [1.807, 2.05) is 0 Å². The van der Waals surface area contributed by atoms with Gasteiger partial charge in [-0.2, -0.15) is 4.31 Å². The number of nitrogens with zero attached hydrogens (tertiary/aromatic N) is 1. The van der Waals surface area contributed by atoms with Crippen LogP contribution in [0.1, 0.15) is 38.5 Å². The van der Waals surface area contributed by atoms with Gasteiger partial charge < -0.3 is 10.5 Å². The van der Waals surface area contributed by atoms with Gasteiger partial charge in [-0.25, -0.2) is 8.42 Å². The summed E-state index contributed by atoms with van der Waals surface area (Å²) in [5, 5.41) is 0. The summed E-state index contributed by atoms with van der Waals surface area (Å²) >= 11 is 0. The summed E-state index contributed by atoms with van der Waals surface area (Å²) in [6.07, 6.45) is 3.55. The topological polar surface area (TPSA) is 107 Å². The van der Waals surface area contributed by atoms with Gasteiger partial charge in [-0.1, -0.05) is 18.2 Å². The van der Waals surface area contributed by atoms with Gasteiger partial charge >= 0.3 is 5.97 Å². The maximum absolute atomic E-state index is 12.8. The summed E-state index contributed by atoms with van der Waals surface area (Å²) in [6, 6.07) is 8.16. The second-order valence-electron chi connectivity index (χ2n) is 7.00. The molecule has 26 heavy (non-hydrogen) atoms. The number of carbonyl (C=O) groups is 2. The second kappa shape index (κ2) is 7.36. The van der Waals surface area contributed by atoms with E-state index in [1.165, 1.54) is 16.4 Å². The van der Waals surface area contributed by atoms with Gasteiger partial charge in [0.15, 0.2) is 5.60 Å². The van der Waals surface area contributed by atoms with Crippen LogP contribution in [0.15, 0.2) is 35.2 Å². The molecule has 7 nitrogen and oxygen atoms in total. The number of hydrogen-bond donors (Lipinski definition) is 1. The van der Waals surface area contributed by atoms with E-state index in [9.17, 15) is 18.0 Å². The normalized spacial score (nSPS) is 23.5. The standard InChI is InChI=1S/C18H24N2O5S/c19-17(22)18(10-4-5-11-18)25-16(21)14-7-6-12-20(13-14)26(23,24)15-8-2-1-3-9-15/h1-3,8-9,14H,4-7,10-13H2,(H2,19,22). The van der Waals surface area contributed by atoms with E-state index in [2.05, 4.69) is 0 Å². The summed E-state index contributed by atoms with van der Waals surface area (Å²) in [7, 11) is -3.65. The molecule has 1 aliphatic heterocycles. The number of sulfonamides is 1. The summed E-state index contributed by atoms with van der Waals surface area (Å²) < 4.78 is 32.4. The van der Waals surface area contributed by atoms with E-state index < -0.39 is 33.4 Å². The van der Waals surface area contributed by atoms with Gasteiger partial charge in [0, 0.05) is 13.1 Å². The zero-order valence-electron chi connectivity index (χ0n) is 14.6. The Bertz CT molecular complexity index is 772. The smallest absolute Gasteiger partial charge is 0.311 e. The predicted octanol–water partition coefficient (Wildman–Crippen LogP) is 1.43. The van der Waals surface area contributed by atoms with Gasteiger partial charge in [0.05, 0.1) is 10.8 Å². The van der Waals surface area contributed by atoms with Crippen LogP contribution in [0.25, 0.3) is 0 Å². The highest BCUT2D eigenvalue weighted by molar-refractivity contribution is 7.89. The molecule has 1 unspecified atom stereocenters. The maximum Gasteiger partial charge on any atom is 0.311 e. The molecule has 1 aliphatic carbocycles. The molecule has 3 rings (SSSR count). The molecule has 0 aromatic heterocycles. The van der Waals surface area contributed by atoms with Crippen LogP contribution in [0.2, 0.25) is 0 Å². The van der Waals surface area contributed by atoms with Crippen molar-refractivity contribution in [2.75, 3.05) is 13.1 Å². The summed E-state index contributed by atoms with van der Waals surface area (Å²) in [6.45, 7) is 0.423. The quantitative estimate of drug-likeness (QED) is 0.778. The summed E-state index contributed by atoms with van der Waals surface area (Å²) in [5.41, 5.74) is 4.24. The number of piperidine rings is 1. The lowest BCUT2D eigenvalue weighted by Gasteiger charge is -2.33. The third-order valence-corrected chi connectivity index (χ3v) is 7.13. The molecule has 1 saturated heterocycles. The first-order valence-electron chi connectivity index (χ1n) is 8.93. The van der Waals surface area contributed by atoms with Crippen LogP contribution in [0.5, 0.6) is 0 Å². The van der Waals surface area contributed by atoms with Crippen LogP contribution < -0.4 is 5.73 Å². The molecule has 1 atom stereocenters. The zero-order valence-corrected chi connectivity index (χ0v) is 15.4. The van der Waals surface area contributed by atoms with E-state index in [0.29, 0.717) is 32.2 Å². The minimum absolute atomic E-state index is 0.0604. The SMILES string of the molecule is NC(=O)C1(OC(=O)C2CCCN(S(=O)(=O)c3ccccc3)C2)CCCC1. The lowest BCUT2D eigenvalue weighted by atomic mass is 9.97. The molecule has 2 aliphatic rings. The monoisotopic (exact) mass is 380 g/mol. The van der Waals surface area contributed by atoms with Crippen molar-refractivity contribution >= 4 is 21.9 Å². The molecule has 1 amide bonds. The van der Waals surface area contributed by atoms with E-state index in [4.69, 9.17) is 10.5 Å². The largest absolute Gasteiger partial charge is 0.449 e. The molecule has 2 fully saturated rings. The van der Waals surface area contributed by atoms with Crippen LogP contribution in [-0.4, -0.2) is 43.3 Å². The molecular formula is C18H24N2O5S. The number of amides is 1. The number of primary amides is 1. The van der Waals surface area contributed by atoms with Crippen molar-refractivity contribution in [3.8, 4) is 0 Å². The summed E-state index contributed by atoms with van der Waals surface area (Å²) in [5.74, 6) is -1.73. The highest BCUT2D eigenvalue weighted by Gasteiger charge is 2.45. The number of rotatable bonds is 5. The van der Waals surface area contributed by atoms with Gasteiger partial charge in [0.2, 0.25) is 10.0 Å². The molecule has 1 aromatic carbocycles. The Morgan fingerprint density at radius 2 is 1.77 bits per heavy atom. The molecule has 2 N–H and O–H groups in total. The van der Waals surface area contributed by atoms with Gasteiger partial charge in [-0.15, -0.1) is 0 Å². The van der Waals surface area contributed by atoms with Crippen molar-refractivity contribution in [2.45, 2.75) is 49.0 Å². The van der Waals surface area contributed by atoms with E-state index >= 15 is 0 Å². The van der Waals surface area contributed by atoms with Gasteiger partial charge in [-0.05, 0) is 50.7 Å². The Morgan fingerprint density at radius 1 is 1.12 bits per heavy atom. The molecule has 8 heteroatoms. The average molecular weight is 380 g/mol. The zero-order chi connectivity index (χ0) is 18.8. The highest BCUT2D eigenvalue weighted by atomic mass is 32.2. The van der Waals surface area contributed by atoms with Crippen molar-refractivity contribution in [1.29, 1.82) is 0 Å². The Hall–Kier alpha value is -1.93. The van der Waals surface area contributed by atoms with Crippen molar-refractivity contribution in [2.24, 2.45) is 11.7 Å². The Kier molecular flexibility index (Phi) is 5.34. The van der Waals surface area contributed by atoms with Crippen LogP contribution >= 0.6 is 0 Å². The number of carbonyl (C=O) groups excluding carboxylic acids is 2. The third kappa shape index (κ3) is 3.61. The Labute approximate surface area is 153 Å². The predicted molar refractivity (Wildman–Crippen MR) is 94.4 cm³/mol. The second-order valence-corrected chi connectivity index (χ2v) is 8.94. The van der Waals surface area contributed by atoms with E-state index in [1.54, 1.807) is 18.2 Å². The fourth-order valence-corrected chi connectivity index (χ4v) is 5.26. The first-order valence-corrected chi connectivity index (χ1v) is 10.4. The molecule has 1 saturated carbocycles. The van der Waals surface area contributed by atoms with Gasteiger partial charge in [0.25, 0.3) is 5.91 Å². The molecule has 0 spiro atoms. The average Bonchev–Trinajstić information content (AvgIpc) is 3.12. The molecule has 1 heterocycles. The minimum atomic E-state index is -3.65. The molecule has 1 aromatic rings. The number of hydrogen-bond acceptors (Lipinski definition) is 5. The molecule has 0 bridgehead atoms. The van der Waals surface area contributed by atoms with Crippen LogP contribution in [0.3, 0.4) is 0 Å². The van der Waals surface area contributed by atoms with Crippen LogP contribution in [0, 0.1) is 5.92 Å². The molecule has 0 radical (unpaired) electrons. The third-order valence-electron chi connectivity index (χ3n) is 5.25. The van der Waals surface area contributed by atoms with Crippen molar-refractivity contribution < 1.29 is 22.7 Å². The first kappa shape index (κ1) is 18.8. The fourth-order valence-electron chi connectivity index (χ4n) is 3.72. The van der Waals surface area contributed by atoms with E-state index in [-0.39, 0.29) is 11.4 Å². The summed E-state index contributed by atoms with van der Waals surface area (Å²) in [4.78, 5) is 24.6. The van der Waals surface area contributed by atoms with Gasteiger partial charge in [-0.3, -0.25) is 9.59 Å². The molecule has 142 valence electrons. The minimum Gasteiger partial charge on any atom is -0.449 e. The number of ether oxygens (including phenoxy) is 1. The molecular weight excluding hydrogens is 356 g/mol. The Balaban J connectivity index is 1.72. The number of benzene rings is 1. The van der Waals surface area contributed by atoms with E-state index in [0.717, 1.165) is 12.8 Å². The first-order chi connectivity index (χ1) is 12.3. The van der Waals surface area contributed by atoms with Crippen LogP contribution in [0.4, 0.5) is 0 Å².